The molecule has 2 N–H and O–H groups in total. The Labute approximate surface area is 188 Å². The van der Waals surface area contributed by atoms with Crippen molar-refractivity contribution in [1.82, 2.24) is 18.7 Å². The summed E-state index contributed by atoms with van der Waals surface area (Å²) in [5.74, 6) is 0.797. The number of fused-ring (bicyclic) bond motifs is 1. The highest BCUT2D eigenvalue weighted by Crippen LogP contribution is 2.27. The summed E-state index contributed by atoms with van der Waals surface area (Å²) in [5.41, 5.74) is -0.473. The predicted molar refractivity (Wildman–Crippen MR) is 122 cm³/mol. The fourth-order valence-electron chi connectivity index (χ4n) is 3.18. The van der Waals surface area contributed by atoms with Gasteiger partial charge in [0.15, 0.2) is 11.2 Å². The molecule has 2 aromatic heterocycles. The molecular weight excluding hydrogens is 445 g/mol. The molecule has 0 fully saturated rings. The number of imidazole rings is 1. The standard InChI is InChI=1S/C20H25Cl2N5O4/c1-4-5-8-23-19-24-17-16(18(29)26(3)20(30)25(17)2)27(19)10-13(28)11-31-15-7-6-12(21)9-14(15)22/h6-7,9,13,28H,4-5,8,10-11H2,1-3H3,(H,23,24). The van der Waals surface area contributed by atoms with E-state index < -0.39 is 17.4 Å². The van der Waals surface area contributed by atoms with Crippen LogP contribution < -0.4 is 21.3 Å². The number of aromatic nitrogens is 4. The molecule has 31 heavy (non-hydrogen) atoms. The largest absolute Gasteiger partial charge is 0.489 e. The van der Waals surface area contributed by atoms with Crippen LogP contribution in [0.25, 0.3) is 11.2 Å². The van der Waals surface area contributed by atoms with Gasteiger partial charge in [-0.15, -0.1) is 0 Å². The molecule has 0 aliphatic heterocycles. The zero-order chi connectivity index (χ0) is 22.7. The van der Waals surface area contributed by atoms with Crippen LogP contribution in [0.4, 0.5) is 5.95 Å². The third kappa shape index (κ3) is 4.89. The number of halogens is 2. The molecule has 0 aliphatic carbocycles. The molecule has 0 saturated carbocycles. The average Bonchev–Trinajstić information content (AvgIpc) is 3.08. The Morgan fingerprint density at radius 1 is 1.23 bits per heavy atom. The van der Waals surface area contributed by atoms with Crippen LogP contribution in [0.15, 0.2) is 27.8 Å². The van der Waals surface area contributed by atoms with Crippen molar-refractivity contribution in [3.63, 3.8) is 0 Å². The number of aryl methyl sites for hydroxylation is 1. The molecule has 0 spiro atoms. The van der Waals surface area contributed by atoms with Crippen LogP contribution in [0.2, 0.25) is 10.0 Å². The molecule has 3 rings (SSSR count). The molecule has 3 aromatic rings. The lowest BCUT2D eigenvalue weighted by Gasteiger charge is -2.16. The summed E-state index contributed by atoms with van der Waals surface area (Å²) in [6, 6.07) is 4.81. The molecule has 1 unspecified atom stereocenters. The van der Waals surface area contributed by atoms with Gasteiger partial charge in [-0.25, -0.2) is 4.79 Å². The Morgan fingerprint density at radius 3 is 2.65 bits per heavy atom. The van der Waals surface area contributed by atoms with Crippen molar-refractivity contribution in [2.24, 2.45) is 14.1 Å². The van der Waals surface area contributed by atoms with Crippen LogP contribution in [-0.4, -0.2) is 43.0 Å². The molecule has 0 amide bonds. The van der Waals surface area contributed by atoms with Crippen molar-refractivity contribution < 1.29 is 9.84 Å². The minimum atomic E-state index is -0.974. The quantitative estimate of drug-likeness (QED) is 0.466. The monoisotopic (exact) mass is 469 g/mol. The highest BCUT2D eigenvalue weighted by molar-refractivity contribution is 6.35. The lowest BCUT2D eigenvalue weighted by molar-refractivity contribution is 0.0938. The number of benzene rings is 1. The van der Waals surface area contributed by atoms with Gasteiger partial charge in [0.1, 0.15) is 18.5 Å². The molecule has 0 aliphatic rings. The van der Waals surface area contributed by atoms with Gasteiger partial charge in [-0.3, -0.25) is 13.9 Å². The molecule has 2 heterocycles. The van der Waals surface area contributed by atoms with Crippen molar-refractivity contribution in [2.75, 3.05) is 18.5 Å². The van der Waals surface area contributed by atoms with Crippen molar-refractivity contribution in [3.8, 4) is 5.75 Å². The van der Waals surface area contributed by atoms with E-state index in [9.17, 15) is 14.7 Å². The fourth-order valence-corrected chi connectivity index (χ4v) is 3.64. The van der Waals surface area contributed by atoms with Crippen LogP contribution in [-0.2, 0) is 20.6 Å². The number of aliphatic hydroxyl groups is 1. The predicted octanol–water partition coefficient (Wildman–Crippen LogP) is 2.39. The second-order valence-electron chi connectivity index (χ2n) is 7.24. The van der Waals surface area contributed by atoms with E-state index in [0.717, 1.165) is 17.4 Å². The summed E-state index contributed by atoms with van der Waals surface area (Å²) >= 11 is 12.0. The number of hydrogen-bond donors (Lipinski definition) is 2. The van der Waals surface area contributed by atoms with Crippen molar-refractivity contribution in [2.45, 2.75) is 32.4 Å². The second kappa shape index (κ2) is 9.76. The number of hydrogen-bond acceptors (Lipinski definition) is 6. The zero-order valence-electron chi connectivity index (χ0n) is 17.6. The van der Waals surface area contributed by atoms with Crippen LogP contribution in [0, 0.1) is 0 Å². The molecule has 0 radical (unpaired) electrons. The SMILES string of the molecule is CCCCNc1nc2c(c(=O)n(C)c(=O)n2C)n1CC(O)COc1ccc(Cl)cc1Cl. The topological polar surface area (TPSA) is 103 Å². The third-order valence-electron chi connectivity index (χ3n) is 4.88. The van der Waals surface area contributed by atoms with Crippen molar-refractivity contribution in [3.05, 3.63) is 49.1 Å². The van der Waals surface area contributed by atoms with Gasteiger partial charge in [0.05, 0.1) is 11.6 Å². The van der Waals surface area contributed by atoms with Crippen LogP contribution in [0.5, 0.6) is 5.75 Å². The summed E-state index contributed by atoms with van der Waals surface area (Å²) in [7, 11) is 2.97. The minimum absolute atomic E-state index is 0.0314. The van der Waals surface area contributed by atoms with E-state index in [2.05, 4.69) is 17.2 Å². The maximum Gasteiger partial charge on any atom is 0.332 e. The third-order valence-corrected chi connectivity index (χ3v) is 5.41. The minimum Gasteiger partial charge on any atom is -0.489 e. The number of nitrogens with zero attached hydrogens (tertiary/aromatic N) is 4. The molecule has 0 bridgehead atoms. The molecule has 168 valence electrons. The van der Waals surface area contributed by atoms with Gasteiger partial charge in [0.2, 0.25) is 5.95 Å². The highest BCUT2D eigenvalue weighted by Gasteiger charge is 2.21. The molecular formula is C20H25Cl2N5O4. The first-order valence-electron chi connectivity index (χ1n) is 9.90. The van der Waals surface area contributed by atoms with Gasteiger partial charge in [-0.05, 0) is 24.6 Å². The lowest BCUT2D eigenvalue weighted by atomic mass is 10.3. The number of rotatable bonds is 9. The zero-order valence-corrected chi connectivity index (χ0v) is 19.1. The first-order chi connectivity index (χ1) is 14.7. The Balaban J connectivity index is 1.92. The number of anilines is 1. The Hall–Kier alpha value is -2.49. The number of unbranched alkanes of at least 4 members (excludes halogenated alkanes) is 1. The number of aliphatic hydroxyl groups excluding tert-OH is 1. The Morgan fingerprint density at radius 2 is 1.97 bits per heavy atom. The average molecular weight is 470 g/mol. The molecule has 9 nitrogen and oxygen atoms in total. The van der Waals surface area contributed by atoms with Gasteiger partial charge in [-0.2, -0.15) is 4.98 Å². The maximum absolute atomic E-state index is 12.8. The Kier molecular flexibility index (Phi) is 7.30. The van der Waals surface area contributed by atoms with E-state index in [0.29, 0.717) is 28.3 Å². The van der Waals surface area contributed by atoms with Crippen LogP contribution >= 0.6 is 23.2 Å². The Bertz CT molecular complexity index is 1200. The van der Waals surface area contributed by atoms with Gasteiger partial charge >= 0.3 is 5.69 Å². The summed E-state index contributed by atoms with van der Waals surface area (Å²) in [6.45, 7) is 2.67. The van der Waals surface area contributed by atoms with E-state index in [1.165, 1.54) is 11.6 Å². The van der Waals surface area contributed by atoms with Gasteiger partial charge < -0.3 is 19.7 Å². The van der Waals surface area contributed by atoms with Crippen LogP contribution in [0.1, 0.15) is 19.8 Å². The van der Waals surface area contributed by atoms with E-state index in [-0.39, 0.29) is 24.3 Å². The first-order valence-corrected chi connectivity index (χ1v) is 10.7. The van der Waals surface area contributed by atoms with E-state index >= 15 is 0 Å². The summed E-state index contributed by atoms with van der Waals surface area (Å²) in [4.78, 5) is 29.6. The summed E-state index contributed by atoms with van der Waals surface area (Å²) < 4.78 is 9.54. The smallest absolute Gasteiger partial charge is 0.332 e. The molecule has 1 atom stereocenters. The molecule has 0 saturated heterocycles. The second-order valence-corrected chi connectivity index (χ2v) is 8.09. The van der Waals surface area contributed by atoms with Gasteiger partial charge in [0, 0.05) is 25.7 Å². The maximum atomic E-state index is 12.8. The van der Waals surface area contributed by atoms with Crippen molar-refractivity contribution >= 4 is 40.3 Å². The molecule has 1 aromatic carbocycles. The fraction of sp³-hybridized carbons (Fsp3) is 0.450. The number of ether oxygens (including phenoxy) is 1. The van der Waals surface area contributed by atoms with E-state index in [4.69, 9.17) is 27.9 Å². The number of nitrogens with one attached hydrogen (secondary N) is 1. The first kappa shape index (κ1) is 23.2. The molecule has 11 heteroatoms. The van der Waals surface area contributed by atoms with Crippen LogP contribution in [0.3, 0.4) is 0 Å². The normalized spacial score (nSPS) is 12.3. The van der Waals surface area contributed by atoms with E-state index in [1.807, 2.05) is 0 Å². The summed E-state index contributed by atoms with van der Waals surface area (Å²) in [6.07, 6.45) is 0.907. The van der Waals surface area contributed by atoms with Gasteiger partial charge in [-0.1, -0.05) is 36.5 Å². The van der Waals surface area contributed by atoms with Crippen molar-refractivity contribution in [1.29, 1.82) is 0 Å². The highest BCUT2D eigenvalue weighted by atomic mass is 35.5. The van der Waals surface area contributed by atoms with Gasteiger partial charge in [0.25, 0.3) is 5.56 Å². The van der Waals surface area contributed by atoms with E-state index in [1.54, 1.807) is 29.8 Å². The summed E-state index contributed by atoms with van der Waals surface area (Å²) in [5, 5.41) is 14.6. The lowest BCUT2D eigenvalue weighted by Crippen LogP contribution is -2.38.